The maximum absolute atomic E-state index is 12.1. The number of non-ortho nitro benzene ring substituents is 1. The second kappa shape index (κ2) is 7.54. The van der Waals surface area contributed by atoms with Crippen molar-refractivity contribution in [1.29, 1.82) is 0 Å². The van der Waals surface area contributed by atoms with Crippen molar-refractivity contribution in [3.8, 4) is 5.69 Å². The van der Waals surface area contributed by atoms with Crippen molar-refractivity contribution in [2.24, 2.45) is 0 Å². The number of esters is 1. The first-order valence-corrected chi connectivity index (χ1v) is 8.63. The van der Waals surface area contributed by atoms with Crippen LogP contribution in [0.4, 0.5) is 5.69 Å². The molecule has 9 nitrogen and oxygen atoms in total. The van der Waals surface area contributed by atoms with Crippen molar-refractivity contribution in [2.75, 3.05) is 7.11 Å². The molecule has 3 aromatic rings. The molecule has 27 heavy (non-hydrogen) atoms. The SMILES string of the molecule is COC(=O)c1cc([N+](=O)[O-])ccc1Sc1nnnn1-c1cc(C)ccc1C. The first kappa shape index (κ1) is 18.5. The second-order valence-electron chi connectivity index (χ2n) is 5.69. The summed E-state index contributed by atoms with van der Waals surface area (Å²) in [7, 11) is 1.22. The van der Waals surface area contributed by atoms with Crippen molar-refractivity contribution < 1.29 is 14.5 Å². The van der Waals surface area contributed by atoms with Gasteiger partial charge in [-0.25, -0.2) is 4.79 Å². The van der Waals surface area contributed by atoms with Gasteiger partial charge in [-0.3, -0.25) is 10.1 Å². The Morgan fingerprint density at radius 2 is 2.00 bits per heavy atom. The summed E-state index contributed by atoms with van der Waals surface area (Å²) in [5, 5.41) is 23.2. The number of aromatic nitrogens is 4. The van der Waals surface area contributed by atoms with Crippen molar-refractivity contribution in [3.63, 3.8) is 0 Å². The number of rotatable bonds is 5. The van der Waals surface area contributed by atoms with Crippen LogP contribution in [0.25, 0.3) is 5.69 Å². The van der Waals surface area contributed by atoms with Crippen molar-refractivity contribution >= 4 is 23.4 Å². The summed E-state index contributed by atoms with van der Waals surface area (Å²) < 4.78 is 6.31. The molecule has 0 saturated heterocycles. The molecule has 0 aliphatic rings. The highest BCUT2D eigenvalue weighted by molar-refractivity contribution is 7.99. The first-order chi connectivity index (χ1) is 12.9. The normalized spacial score (nSPS) is 10.6. The number of methoxy groups -OCH3 is 1. The van der Waals surface area contributed by atoms with Gasteiger partial charge in [0, 0.05) is 17.0 Å². The topological polar surface area (TPSA) is 113 Å². The van der Waals surface area contributed by atoms with E-state index in [0.717, 1.165) is 28.6 Å². The predicted octanol–water partition coefficient (Wildman–Crippen LogP) is 3.13. The second-order valence-corrected chi connectivity index (χ2v) is 6.70. The summed E-state index contributed by atoms with van der Waals surface area (Å²) in [5.74, 6) is -0.674. The molecule has 0 spiro atoms. The van der Waals surface area contributed by atoms with E-state index in [-0.39, 0.29) is 11.3 Å². The molecule has 0 fully saturated rings. The average molecular weight is 385 g/mol. The van der Waals surface area contributed by atoms with Gasteiger partial charge in [0.2, 0.25) is 5.16 Å². The molecule has 0 unspecified atom stereocenters. The van der Waals surface area contributed by atoms with Gasteiger partial charge in [0.15, 0.2) is 0 Å². The molecular weight excluding hydrogens is 370 g/mol. The van der Waals surface area contributed by atoms with Crippen LogP contribution in [0.2, 0.25) is 0 Å². The number of tetrazole rings is 1. The smallest absolute Gasteiger partial charge is 0.339 e. The Morgan fingerprint density at radius 3 is 2.70 bits per heavy atom. The van der Waals surface area contributed by atoms with E-state index < -0.39 is 10.9 Å². The lowest BCUT2D eigenvalue weighted by molar-refractivity contribution is -0.384. The van der Waals surface area contributed by atoms with Crippen LogP contribution in [-0.4, -0.2) is 38.2 Å². The molecule has 1 aromatic heterocycles. The van der Waals surface area contributed by atoms with Gasteiger partial charge in [-0.05, 0) is 59.3 Å². The summed E-state index contributed by atoms with van der Waals surface area (Å²) in [5.41, 5.74) is 2.71. The Hall–Kier alpha value is -3.27. The first-order valence-electron chi connectivity index (χ1n) is 7.81. The van der Waals surface area contributed by atoms with Crippen LogP contribution < -0.4 is 0 Å². The maximum atomic E-state index is 12.1. The third-order valence-corrected chi connectivity index (χ3v) is 4.83. The van der Waals surface area contributed by atoms with Crippen LogP contribution in [-0.2, 0) is 4.74 Å². The molecule has 0 N–H and O–H groups in total. The minimum absolute atomic E-state index is 0.0761. The number of carbonyl (C=O) groups is 1. The van der Waals surface area contributed by atoms with E-state index in [1.54, 1.807) is 4.68 Å². The Labute approximate surface area is 158 Å². The third-order valence-electron chi connectivity index (χ3n) is 3.81. The van der Waals surface area contributed by atoms with Crippen LogP contribution >= 0.6 is 11.8 Å². The Morgan fingerprint density at radius 1 is 1.22 bits per heavy atom. The summed E-state index contributed by atoms with van der Waals surface area (Å²) in [4.78, 5) is 23.0. The van der Waals surface area contributed by atoms with E-state index in [2.05, 4.69) is 15.5 Å². The Bertz CT molecular complexity index is 1030. The molecule has 0 atom stereocenters. The molecule has 10 heteroatoms. The van der Waals surface area contributed by atoms with Crippen molar-refractivity contribution in [2.45, 2.75) is 23.9 Å². The number of aryl methyl sites for hydroxylation is 2. The quantitative estimate of drug-likeness (QED) is 0.374. The van der Waals surface area contributed by atoms with Crippen LogP contribution in [0.5, 0.6) is 0 Å². The minimum Gasteiger partial charge on any atom is -0.465 e. The fourth-order valence-corrected chi connectivity index (χ4v) is 3.31. The van der Waals surface area contributed by atoms with E-state index in [4.69, 9.17) is 4.74 Å². The van der Waals surface area contributed by atoms with E-state index in [0.29, 0.717) is 10.1 Å². The maximum Gasteiger partial charge on any atom is 0.339 e. The van der Waals surface area contributed by atoms with Crippen LogP contribution in [0.3, 0.4) is 0 Å². The number of carbonyl (C=O) groups excluding carboxylic acids is 1. The summed E-state index contributed by atoms with van der Waals surface area (Å²) in [6.45, 7) is 3.91. The number of nitrogens with zero attached hydrogens (tertiary/aromatic N) is 5. The zero-order valence-electron chi connectivity index (χ0n) is 14.7. The lowest BCUT2D eigenvalue weighted by Gasteiger charge is -2.10. The van der Waals surface area contributed by atoms with Gasteiger partial charge >= 0.3 is 5.97 Å². The Balaban J connectivity index is 2.04. The molecule has 3 rings (SSSR count). The summed E-state index contributed by atoms with van der Waals surface area (Å²) >= 11 is 1.12. The molecule has 0 amide bonds. The highest BCUT2D eigenvalue weighted by Gasteiger charge is 2.21. The summed E-state index contributed by atoms with van der Waals surface area (Å²) in [6, 6.07) is 9.89. The molecule has 0 aliphatic heterocycles. The van der Waals surface area contributed by atoms with Gasteiger partial charge in [-0.1, -0.05) is 12.1 Å². The zero-order valence-corrected chi connectivity index (χ0v) is 15.6. The molecule has 0 radical (unpaired) electrons. The van der Waals surface area contributed by atoms with Crippen LogP contribution in [0.15, 0.2) is 46.5 Å². The van der Waals surface area contributed by atoms with Crippen molar-refractivity contribution in [1.82, 2.24) is 20.2 Å². The highest BCUT2D eigenvalue weighted by Crippen LogP contribution is 2.33. The molecule has 2 aromatic carbocycles. The predicted molar refractivity (Wildman–Crippen MR) is 97.2 cm³/mol. The molecule has 1 heterocycles. The number of nitro benzene ring substituents is 1. The van der Waals surface area contributed by atoms with Gasteiger partial charge in [0.05, 0.1) is 23.3 Å². The van der Waals surface area contributed by atoms with Gasteiger partial charge in [0.1, 0.15) is 0 Å². The van der Waals surface area contributed by atoms with Crippen LogP contribution in [0, 0.1) is 24.0 Å². The van der Waals surface area contributed by atoms with Gasteiger partial charge in [0.25, 0.3) is 5.69 Å². The fraction of sp³-hybridized carbons (Fsp3) is 0.176. The number of benzene rings is 2. The molecular formula is C17H15N5O4S. The van der Waals surface area contributed by atoms with Gasteiger partial charge < -0.3 is 4.74 Å². The fourth-order valence-electron chi connectivity index (χ4n) is 2.43. The minimum atomic E-state index is -0.674. The molecule has 0 saturated carbocycles. The van der Waals surface area contributed by atoms with Crippen molar-refractivity contribution in [3.05, 3.63) is 63.2 Å². The molecule has 0 bridgehead atoms. The number of hydrogen-bond acceptors (Lipinski definition) is 8. The van der Waals surface area contributed by atoms with E-state index >= 15 is 0 Å². The van der Waals surface area contributed by atoms with Crippen LogP contribution in [0.1, 0.15) is 21.5 Å². The van der Waals surface area contributed by atoms with Gasteiger partial charge in [-0.15, -0.1) is 5.10 Å². The zero-order chi connectivity index (χ0) is 19.6. The van der Waals surface area contributed by atoms with E-state index in [9.17, 15) is 14.9 Å². The van der Waals surface area contributed by atoms with Gasteiger partial charge in [-0.2, -0.15) is 4.68 Å². The lowest BCUT2D eigenvalue weighted by atomic mass is 10.1. The van der Waals surface area contributed by atoms with E-state index in [1.807, 2.05) is 32.0 Å². The highest BCUT2D eigenvalue weighted by atomic mass is 32.2. The number of nitro groups is 1. The Kier molecular flexibility index (Phi) is 5.17. The third kappa shape index (κ3) is 3.80. The summed E-state index contributed by atoms with van der Waals surface area (Å²) in [6.07, 6.45) is 0. The standard InChI is InChI=1S/C17H15N5O4S/c1-10-4-5-11(2)14(8-10)21-17(18-19-20-21)27-15-7-6-12(22(24)25)9-13(15)16(23)26-3/h4-9H,1-3H3. The largest absolute Gasteiger partial charge is 0.465 e. The molecule has 0 aliphatic carbocycles. The lowest BCUT2D eigenvalue weighted by Crippen LogP contribution is -2.06. The monoisotopic (exact) mass is 385 g/mol. The average Bonchev–Trinajstić information content (AvgIpc) is 3.11. The number of hydrogen-bond donors (Lipinski definition) is 0. The van der Waals surface area contributed by atoms with E-state index in [1.165, 1.54) is 25.3 Å². The number of ether oxygens (including phenoxy) is 1. The molecule has 138 valence electrons.